The summed E-state index contributed by atoms with van der Waals surface area (Å²) in [5.74, 6) is -2.56. The molecule has 6 nitrogen and oxygen atoms in total. The van der Waals surface area contributed by atoms with Crippen LogP contribution < -0.4 is 22.5 Å². The number of hydrogen-bond acceptors (Lipinski definition) is 4. The molecule has 8 N–H and O–H groups in total. The van der Waals surface area contributed by atoms with Crippen molar-refractivity contribution in [3.63, 3.8) is 0 Å². The third kappa shape index (κ3) is 48.7. The Kier molecular flexibility index (Phi) is 32.7. The highest BCUT2D eigenvalue weighted by atomic mass is 16.4. The Bertz CT molecular complexity index is 92.7. The van der Waals surface area contributed by atoms with Crippen LogP contribution in [0.25, 0.3) is 0 Å². The summed E-state index contributed by atoms with van der Waals surface area (Å²) in [7, 11) is 0. The second-order valence-electron chi connectivity index (χ2n) is 1.13. The minimum absolute atomic E-state index is 0. The van der Waals surface area contributed by atoms with Crippen molar-refractivity contribution >= 4 is 11.8 Å². The highest BCUT2D eigenvalue weighted by Crippen LogP contribution is 1.56. The normalized spacial score (nSPS) is 5.73. The number of ketones is 1. The predicted octanol–water partition coefficient (Wildman–Crippen LogP) is -1.56. The molecule has 0 fully saturated rings. The summed E-state index contributed by atoms with van der Waals surface area (Å²) in [4.78, 5) is 18.7. The summed E-state index contributed by atoms with van der Waals surface area (Å²) >= 11 is 0. The first-order chi connectivity index (χ1) is 4.06. The van der Waals surface area contributed by atoms with E-state index in [0.717, 1.165) is 6.92 Å². The maximum Gasteiger partial charge on any atom is 0.175 e. The number of carbonyl (C=O) groups is 2. The van der Waals surface area contributed by atoms with Crippen molar-refractivity contribution in [1.82, 2.24) is 12.3 Å². The molecule has 0 aromatic heterocycles. The lowest BCUT2D eigenvalue weighted by molar-refractivity contribution is -0.361. The van der Waals surface area contributed by atoms with Gasteiger partial charge in [-0.3, -0.25) is 4.79 Å². The van der Waals surface area contributed by atoms with Gasteiger partial charge in [-0.25, -0.2) is 0 Å². The molecule has 0 bridgehead atoms. The van der Waals surface area contributed by atoms with Gasteiger partial charge in [0.25, 0.3) is 0 Å². The lowest BCUT2D eigenvalue weighted by Crippen LogP contribution is -2.29. The second kappa shape index (κ2) is 16.0. The number of hydrogen-bond donors (Lipinski definition) is 2. The van der Waals surface area contributed by atoms with Gasteiger partial charge in [-0.1, -0.05) is 6.92 Å². The first-order valence-electron chi connectivity index (χ1n) is 2.36. The van der Waals surface area contributed by atoms with Crippen molar-refractivity contribution in [2.75, 3.05) is 6.61 Å². The summed E-state index contributed by atoms with van der Waals surface area (Å²) < 4.78 is 0. The van der Waals surface area contributed by atoms with E-state index in [1.165, 1.54) is 0 Å². The number of aliphatic carboxylic acids is 1. The van der Waals surface area contributed by atoms with Gasteiger partial charge < -0.3 is 27.3 Å². The highest BCUT2D eigenvalue weighted by Gasteiger charge is 1.85. The molecule has 0 aromatic carbocycles. The molecule has 0 radical (unpaired) electrons. The first kappa shape index (κ1) is 22.5. The highest BCUT2D eigenvalue weighted by molar-refractivity contribution is 6.30. The van der Waals surface area contributed by atoms with Crippen LogP contribution in [0.3, 0.4) is 0 Å². The third-order valence-electron chi connectivity index (χ3n) is 0.287. The van der Waals surface area contributed by atoms with Crippen LogP contribution in [-0.2, 0) is 9.59 Å². The second-order valence-corrected chi connectivity index (χ2v) is 1.13. The molecule has 0 aromatic rings. The van der Waals surface area contributed by atoms with E-state index in [2.05, 4.69) is 0 Å². The van der Waals surface area contributed by atoms with Gasteiger partial charge in [0.15, 0.2) is 5.78 Å². The van der Waals surface area contributed by atoms with Crippen molar-refractivity contribution in [2.45, 2.75) is 13.8 Å². The molecule has 0 atom stereocenters. The monoisotopic (exact) mass is 168 g/mol. The Balaban J connectivity index is -0.0000000437. The SMILES string of the molecule is CC(=O)C(=O)[O-].CC[O-].[NH4+].[NH4+]. The zero-order valence-electron chi connectivity index (χ0n) is 7.34. The van der Waals surface area contributed by atoms with E-state index >= 15 is 0 Å². The smallest absolute Gasteiger partial charge is 0.175 e. The molecular weight excluding hydrogens is 152 g/mol. The van der Waals surface area contributed by atoms with Crippen LogP contribution in [0.5, 0.6) is 0 Å². The lowest BCUT2D eigenvalue weighted by Gasteiger charge is -1.87. The predicted molar refractivity (Wildman–Crippen MR) is 38.2 cm³/mol. The topological polar surface area (TPSA) is 153 Å². The number of carbonyl (C=O) groups excluding carboxylic acids is 2. The maximum absolute atomic E-state index is 9.48. The minimum Gasteiger partial charge on any atom is -0.855 e. The molecule has 0 saturated heterocycles. The number of carboxylic acid groups (broad SMARTS) is 1. The van der Waals surface area contributed by atoms with Crippen LogP contribution in [0, 0.1) is 0 Å². The third-order valence-corrected chi connectivity index (χ3v) is 0.287. The summed E-state index contributed by atoms with van der Waals surface area (Å²) in [6.45, 7) is 2.51. The van der Waals surface area contributed by atoms with Gasteiger partial charge in [0.05, 0.1) is 0 Å². The molecule has 11 heavy (non-hydrogen) atoms. The van der Waals surface area contributed by atoms with Crippen LogP contribution >= 0.6 is 0 Å². The van der Waals surface area contributed by atoms with E-state index in [-0.39, 0.29) is 18.9 Å². The molecule has 0 saturated carbocycles. The lowest BCUT2D eigenvalue weighted by atomic mass is 10.5. The number of carboxylic acids is 1. The van der Waals surface area contributed by atoms with Crippen molar-refractivity contribution < 1.29 is 19.8 Å². The fourth-order valence-corrected chi connectivity index (χ4v) is 0. The number of quaternary nitrogens is 2. The van der Waals surface area contributed by atoms with E-state index in [1.54, 1.807) is 6.92 Å². The van der Waals surface area contributed by atoms with Crippen LogP contribution in [-0.4, -0.2) is 18.4 Å². The van der Waals surface area contributed by atoms with Gasteiger partial charge in [0, 0.05) is 6.92 Å². The standard InChI is InChI=1S/C3H4O3.C2H5O.2H3N/c1-2(4)3(5)6;1-2-3;;/h1H3,(H,5,6);2H2,1H3;2*1H3/q;-1;;/p+1. The molecular formula is C5H16N2O4. The molecule has 0 heterocycles. The zero-order chi connectivity index (χ0) is 7.86. The van der Waals surface area contributed by atoms with Crippen molar-refractivity contribution in [1.29, 1.82) is 0 Å². The molecule has 0 aliphatic heterocycles. The zero-order valence-corrected chi connectivity index (χ0v) is 7.34. The van der Waals surface area contributed by atoms with Gasteiger partial charge in [-0.05, 0) is 0 Å². The molecule has 0 unspecified atom stereocenters. The van der Waals surface area contributed by atoms with Crippen LogP contribution in [0.2, 0.25) is 0 Å². The molecule has 6 heteroatoms. The summed E-state index contributed by atoms with van der Waals surface area (Å²) in [5, 5.41) is 18.2. The average Bonchev–Trinajstić information content (AvgIpc) is 1.68. The fourth-order valence-electron chi connectivity index (χ4n) is 0. The van der Waals surface area contributed by atoms with E-state index in [9.17, 15) is 14.7 Å². The van der Waals surface area contributed by atoms with E-state index < -0.39 is 11.8 Å². The fraction of sp³-hybridized carbons (Fsp3) is 0.600. The average molecular weight is 168 g/mol. The molecule has 0 aliphatic rings. The maximum atomic E-state index is 9.48. The quantitative estimate of drug-likeness (QED) is 0.454. The van der Waals surface area contributed by atoms with Gasteiger partial charge in [0.2, 0.25) is 0 Å². The van der Waals surface area contributed by atoms with Crippen molar-refractivity contribution in [3.8, 4) is 0 Å². The summed E-state index contributed by atoms with van der Waals surface area (Å²) in [5.41, 5.74) is 0. The summed E-state index contributed by atoms with van der Waals surface area (Å²) in [6.07, 6.45) is 0. The summed E-state index contributed by atoms with van der Waals surface area (Å²) in [6, 6.07) is 0. The van der Waals surface area contributed by atoms with E-state index in [0.29, 0.717) is 0 Å². The van der Waals surface area contributed by atoms with Gasteiger partial charge in [-0.2, -0.15) is 0 Å². The van der Waals surface area contributed by atoms with E-state index in [4.69, 9.17) is 5.11 Å². The molecule has 0 rings (SSSR count). The Labute approximate surface area is 65.4 Å². The van der Waals surface area contributed by atoms with Crippen LogP contribution in [0.1, 0.15) is 13.8 Å². The Morgan fingerprint density at radius 1 is 1.27 bits per heavy atom. The number of rotatable bonds is 1. The van der Waals surface area contributed by atoms with Gasteiger partial charge in [0.1, 0.15) is 5.97 Å². The molecule has 70 valence electrons. The molecule has 0 spiro atoms. The minimum atomic E-state index is -1.63. The molecule has 0 amide bonds. The number of Topliss-reactive ketones (excluding diaryl/α,β-unsaturated/α-hetero) is 1. The van der Waals surface area contributed by atoms with Crippen LogP contribution in [0.4, 0.5) is 0 Å². The van der Waals surface area contributed by atoms with Crippen LogP contribution in [0.15, 0.2) is 0 Å². The molecule has 0 aliphatic carbocycles. The van der Waals surface area contributed by atoms with Gasteiger partial charge in [-0.15, -0.1) is 6.61 Å². The largest absolute Gasteiger partial charge is 0.855 e. The Hall–Kier alpha value is -0.980. The van der Waals surface area contributed by atoms with E-state index in [1.807, 2.05) is 0 Å². The van der Waals surface area contributed by atoms with Crippen molar-refractivity contribution in [3.05, 3.63) is 0 Å². The Morgan fingerprint density at radius 2 is 1.36 bits per heavy atom. The first-order valence-corrected chi connectivity index (χ1v) is 2.36. The van der Waals surface area contributed by atoms with Crippen molar-refractivity contribution in [2.24, 2.45) is 0 Å². The Morgan fingerprint density at radius 3 is 1.36 bits per heavy atom. The van der Waals surface area contributed by atoms with Gasteiger partial charge >= 0.3 is 0 Å².